The number of hydrogen-bond donors (Lipinski definition) is 1. The Morgan fingerprint density at radius 1 is 1.43 bits per heavy atom. The van der Waals surface area contributed by atoms with Crippen LogP contribution in [0.4, 0.5) is 5.69 Å². The molecule has 1 amide bonds. The molecular weight excluding hydrogens is 266 g/mol. The van der Waals surface area contributed by atoms with Crippen LogP contribution in [0.3, 0.4) is 0 Å². The minimum atomic E-state index is -0.718. The van der Waals surface area contributed by atoms with Gasteiger partial charge in [-0.2, -0.15) is 0 Å². The SMILES string of the molecule is CCCO[C@](C)(C(=O)Nc1ccc(OC)c(C)c1)C1CC1. The van der Waals surface area contributed by atoms with E-state index in [1.807, 2.05) is 32.0 Å². The quantitative estimate of drug-likeness (QED) is 0.836. The zero-order chi connectivity index (χ0) is 15.5. The van der Waals surface area contributed by atoms with E-state index in [1.54, 1.807) is 7.11 Å². The molecule has 4 heteroatoms. The van der Waals surface area contributed by atoms with Gasteiger partial charge < -0.3 is 14.8 Å². The number of carbonyl (C=O) groups is 1. The van der Waals surface area contributed by atoms with Crippen molar-refractivity contribution in [3.8, 4) is 5.75 Å². The Morgan fingerprint density at radius 2 is 2.14 bits per heavy atom. The summed E-state index contributed by atoms with van der Waals surface area (Å²) < 4.78 is 11.1. The lowest BCUT2D eigenvalue weighted by molar-refractivity contribution is -0.142. The van der Waals surface area contributed by atoms with Crippen LogP contribution in [0.2, 0.25) is 0 Å². The van der Waals surface area contributed by atoms with E-state index in [9.17, 15) is 4.79 Å². The molecule has 116 valence electrons. The standard InChI is InChI=1S/C17H25NO3/c1-5-10-21-17(3,13-6-7-13)16(19)18-14-8-9-15(20-4)12(2)11-14/h8-9,11,13H,5-7,10H2,1-4H3,(H,18,19)/t17-/m0/s1. The Labute approximate surface area is 126 Å². The molecule has 1 atom stereocenters. The van der Waals surface area contributed by atoms with Gasteiger partial charge in [-0.25, -0.2) is 0 Å². The summed E-state index contributed by atoms with van der Waals surface area (Å²) in [5, 5.41) is 2.99. The smallest absolute Gasteiger partial charge is 0.256 e. The lowest BCUT2D eigenvalue weighted by Crippen LogP contribution is -2.45. The highest BCUT2D eigenvalue weighted by atomic mass is 16.5. The monoisotopic (exact) mass is 291 g/mol. The van der Waals surface area contributed by atoms with Crippen molar-refractivity contribution in [3.05, 3.63) is 23.8 Å². The predicted molar refractivity (Wildman–Crippen MR) is 83.7 cm³/mol. The van der Waals surface area contributed by atoms with E-state index in [4.69, 9.17) is 9.47 Å². The van der Waals surface area contributed by atoms with Crippen LogP contribution in [0, 0.1) is 12.8 Å². The second-order valence-corrected chi connectivity index (χ2v) is 5.87. The summed E-state index contributed by atoms with van der Waals surface area (Å²) in [6.45, 7) is 6.54. The van der Waals surface area contributed by atoms with Crippen LogP contribution >= 0.6 is 0 Å². The summed E-state index contributed by atoms with van der Waals surface area (Å²) in [7, 11) is 1.64. The molecule has 1 aliphatic carbocycles. The Morgan fingerprint density at radius 3 is 2.67 bits per heavy atom. The van der Waals surface area contributed by atoms with E-state index in [0.717, 1.165) is 36.3 Å². The van der Waals surface area contributed by atoms with Gasteiger partial charge in [0.15, 0.2) is 0 Å². The highest BCUT2D eigenvalue weighted by Crippen LogP contribution is 2.42. The van der Waals surface area contributed by atoms with Gasteiger partial charge in [-0.1, -0.05) is 6.92 Å². The molecule has 1 N–H and O–H groups in total. The van der Waals surface area contributed by atoms with Crippen LogP contribution in [0.25, 0.3) is 0 Å². The van der Waals surface area contributed by atoms with Crippen LogP contribution in [-0.2, 0) is 9.53 Å². The predicted octanol–water partition coefficient (Wildman–Crippen LogP) is 3.54. The number of anilines is 1. The third-order valence-corrected chi connectivity index (χ3v) is 4.07. The van der Waals surface area contributed by atoms with E-state index in [0.29, 0.717) is 12.5 Å². The van der Waals surface area contributed by atoms with Crippen molar-refractivity contribution in [1.29, 1.82) is 0 Å². The molecule has 1 aromatic rings. The highest BCUT2D eigenvalue weighted by molar-refractivity contribution is 5.97. The summed E-state index contributed by atoms with van der Waals surface area (Å²) in [6.07, 6.45) is 3.04. The molecule has 0 bridgehead atoms. The molecule has 4 nitrogen and oxygen atoms in total. The number of aryl methyl sites for hydroxylation is 1. The summed E-state index contributed by atoms with van der Waals surface area (Å²) in [6, 6.07) is 5.65. The van der Waals surface area contributed by atoms with Gasteiger partial charge in [0.05, 0.1) is 7.11 Å². The second-order valence-electron chi connectivity index (χ2n) is 5.87. The first-order valence-electron chi connectivity index (χ1n) is 7.61. The minimum absolute atomic E-state index is 0.0528. The van der Waals surface area contributed by atoms with Crippen molar-refractivity contribution in [2.45, 2.75) is 45.6 Å². The number of nitrogens with one attached hydrogen (secondary N) is 1. The number of rotatable bonds is 7. The molecule has 0 saturated heterocycles. The van der Waals surface area contributed by atoms with Crippen LogP contribution in [0.15, 0.2) is 18.2 Å². The van der Waals surface area contributed by atoms with Crippen molar-refractivity contribution in [2.75, 3.05) is 19.0 Å². The molecule has 21 heavy (non-hydrogen) atoms. The summed E-state index contributed by atoms with van der Waals surface area (Å²) in [5.41, 5.74) is 1.06. The molecular formula is C17H25NO3. The molecule has 0 heterocycles. The van der Waals surface area contributed by atoms with Crippen LogP contribution in [0.5, 0.6) is 5.75 Å². The summed E-state index contributed by atoms with van der Waals surface area (Å²) in [4.78, 5) is 12.6. The number of methoxy groups -OCH3 is 1. The van der Waals surface area contributed by atoms with Gasteiger partial charge in [-0.15, -0.1) is 0 Å². The Bertz CT molecular complexity index is 511. The van der Waals surface area contributed by atoms with Crippen molar-refractivity contribution in [2.24, 2.45) is 5.92 Å². The largest absolute Gasteiger partial charge is 0.496 e. The molecule has 0 radical (unpaired) electrons. The third kappa shape index (κ3) is 3.56. The molecule has 1 fully saturated rings. The zero-order valence-corrected chi connectivity index (χ0v) is 13.4. The molecule has 1 aromatic carbocycles. The topological polar surface area (TPSA) is 47.6 Å². The van der Waals surface area contributed by atoms with Crippen molar-refractivity contribution in [3.63, 3.8) is 0 Å². The van der Waals surface area contributed by atoms with Crippen molar-refractivity contribution in [1.82, 2.24) is 0 Å². The fraction of sp³-hybridized carbons (Fsp3) is 0.588. The van der Waals surface area contributed by atoms with Crippen molar-refractivity contribution >= 4 is 11.6 Å². The minimum Gasteiger partial charge on any atom is -0.496 e. The molecule has 0 spiro atoms. The Kier molecular flexibility index (Phi) is 4.88. The van der Waals surface area contributed by atoms with Crippen molar-refractivity contribution < 1.29 is 14.3 Å². The summed E-state index contributed by atoms with van der Waals surface area (Å²) >= 11 is 0. The normalized spacial score (nSPS) is 17.1. The van der Waals surface area contributed by atoms with E-state index in [1.165, 1.54) is 0 Å². The first kappa shape index (κ1) is 15.8. The zero-order valence-electron chi connectivity index (χ0n) is 13.4. The lowest BCUT2D eigenvalue weighted by atomic mass is 9.98. The van der Waals surface area contributed by atoms with Crippen LogP contribution in [0.1, 0.15) is 38.7 Å². The van der Waals surface area contributed by atoms with Gasteiger partial charge in [0.1, 0.15) is 11.4 Å². The van der Waals surface area contributed by atoms with Crippen LogP contribution in [-0.4, -0.2) is 25.2 Å². The van der Waals surface area contributed by atoms with E-state index in [-0.39, 0.29) is 5.91 Å². The van der Waals surface area contributed by atoms with E-state index >= 15 is 0 Å². The fourth-order valence-corrected chi connectivity index (χ4v) is 2.53. The Balaban J connectivity index is 2.09. The van der Waals surface area contributed by atoms with E-state index in [2.05, 4.69) is 12.2 Å². The maximum atomic E-state index is 12.6. The van der Waals surface area contributed by atoms with Crippen LogP contribution < -0.4 is 10.1 Å². The molecule has 1 saturated carbocycles. The first-order chi connectivity index (χ1) is 10.0. The van der Waals surface area contributed by atoms with Gasteiger partial charge in [0, 0.05) is 12.3 Å². The molecule has 1 aliphatic rings. The van der Waals surface area contributed by atoms with Gasteiger partial charge in [-0.05, 0) is 62.8 Å². The average molecular weight is 291 g/mol. The molecule has 2 rings (SSSR count). The molecule has 0 aromatic heterocycles. The number of benzene rings is 1. The van der Waals surface area contributed by atoms with Gasteiger partial charge >= 0.3 is 0 Å². The highest BCUT2D eigenvalue weighted by Gasteiger charge is 2.48. The maximum absolute atomic E-state index is 12.6. The lowest BCUT2D eigenvalue weighted by Gasteiger charge is -2.28. The van der Waals surface area contributed by atoms with Gasteiger partial charge in [-0.3, -0.25) is 4.79 Å². The Hall–Kier alpha value is -1.55. The molecule has 0 unspecified atom stereocenters. The number of carbonyl (C=O) groups excluding carboxylic acids is 1. The average Bonchev–Trinajstić information content (AvgIpc) is 3.29. The van der Waals surface area contributed by atoms with E-state index < -0.39 is 5.60 Å². The third-order valence-electron chi connectivity index (χ3n) is 4.07. The number of ether oxygens (including phenoxy) is 2. The fourth-order valence-electron chi connectivity index (χ4n) is 2.53. The number of amides is 1. The first-order valence-corrected chi connectivity index (χ1v) is 7.61. The number of hydrogen-bond acceptors (Lipinski definition) is 3. The second kappa shape index (κ2) is 6.48. The molecule has 0 aliphatic heterocycles. The van der Waals surface area contributed by atoms with Gasteiger partial charge in [0.2, 0.25) is 0 Å². The maximum Gasteiger partial charge on any atom is 0.256 e. The summed E-state index contributed by atoms with van der Waals surface area (Å²) in [5.74, 6) is 1.10. The van der Waals surface area contributed by atoms with Gasteiger partial charge in [0.25, 0.3) is 5.91 Å².